The number of aliphatic hydroxyl groups is 2. The summed E-state index contributed by atoms with van der Waals surface area (Å²) < 4.78 is 0. The van der Waals surface area contributed by atoms with Crippen LogP contribution in [0.2, 0.25) is 0 Å². The van der Waals surface area contributed by atoms with E-state index in [9.17, 15) is 15.0 Å². The van der Waals surface area contributed by atoms with E-state index in [0.29, 0.717) is 24.1 Å². The van der Waals surface area contributed by atoms with Gasteiger partial charge in [-0.25, -0.2) is 0 Å². The summed E-state index contributed by atoms with van der Waals surface area (Å²) in [7, 11) is 1.55. The molecule has 0 aromatic heterocycles. The van der Waals surface area contributed by atoms with E-state index in [1.165, 1.54) is 0 Å². The molecule has 2 atom stereocenters. The Kier molecular flexibility index (Phi) is 5.09. The fraction of sp³-hybridized carbons (Fsp3) is 0.417. The van der Waals surface area contributed by atoms with E-state index in [2.05, 4.69) is 5.32 Å². The first-order valence-electron chi connectivity index (χ1n) is 5.48. The molecule has 94 valence electrons. The second-order valence-corrected chi connectivity index (χ2v) is 3.79. The minimum Gasteiger partial charge on any atom is -0.390 e. The molecule has 0 fully saturated rings. The van der Waals surface area contributed by atoms with Crippen LogP contribution in [0.1, 0.15) is 28.4 Å². The van der Waals surface area contributed by atoms with Gasteiger partial charge in [0.25, 0.3) is 5.91 Å². The molecule has 0 heterocycles. The highest BCUT2D eigenvalue weighted by molar-refractivity contribution is 5.93. The minimum absolute atomic E-state index is 0.187. The highest BCUT2D eigenvalue weighted by Gasteiger charge is 2.17. The quantitative estimate of drug-likeness (QED) is 0.570. The average Bonchev–Trinajstić information content (AvgIpc) is 2.37. The summed E-state index contributed by atoms with van der Waals surface area (Å²) in [6.07, 6.45) is -1.53. The second-order valence-electron chi connectivity index (χ2n) is 3.79. The standard InChI is InChI=1S/C12H18N2O3/c1-14-12(17)9-4-2-8(3-5-9)11(16)10(15)6-7-13/h2-5,10-11,15-16H,6-7,13H2,1H3,(H,14,17). The van der Waals surface area contributed by atoms with Crippen LogP contribution in [0.25, 0.3) is 0 Å². The molecule has 0 bridgehead atoms. The maximum Gasteiger partial charge on any atom is 0.251 e. The van der Waals surface area contributed by atoms with Crippen LogP contribution in [0.3, 0.4) is 0 Å². The number of nitrogens with two attached hydrogens (primary N) is 1. The van der Waals surface area contributed by atoms with Gasteiger partial charge in [-0.1, -0.05) is 12.1 Å². The third-order valence-corrected chi connectivity index (χ3v) is 2.57. The predicted molar refractivity (Wildman–Crippen MR) is 64.5 cm³/mol. The maximum absolute atomic E-state index is 11.3. The zero-order chi connectivity index (χ0) is 12.8. The van der Waals surface area contributed by atoms with Gasteiger partial charge in [-0.2, -0.15) is 0 Å². The smallest absolute Gasteiger partial charge is 0.251 e. The van der Waals surface area contributed by atoms with E-state index in [4.69, 9.17) is 5.73 Å². The molecule has 1 rings (SSSR count). The highest BCUT2D eigenvalue weighted by Crippen LogP contribution is 2.19. The summed E-state index contributed by atoms with van der Waals surface area (Å²) in [6, 6.07) is 6.45. The number of hydrogen-bond donors (Lipinski definition) is 4. The summed E-state index contributed by atoms with van der Waals surface area (Å²) in [6.45, 7) is 0.314. The van der Waals surface area contributed by atoms with Gasteiger partial charge in [0.05, 0.1) is 6.10 Å². The summed E-state index contributed by atoms with van der Waals surface area (Å²) >= 11 is 0. The number of rotatable bonds is 5. The van der Waals surface area contributed by atoms with Crippen molar-refractivity contribution in [3.05, 3.63) is 35.4 Å². The molecule has 0 saturated carbocycles. The largest absolute Gasteiger partial charge is 0.390 e. The van der Waals surface area contributed by atoms with Crippen LogP contribution < -0.4 is 11.1 Å². The van der Waals surface area contributed by atoms with Gasteiger partial charge in [0, 0.05) is 12.6 Å². The Bertz CT molecular complexity index is 365. The summed E-state index contributed by atoms with van der Waals surface area (Å²) in [5.74, 6) is -0.187. The zero-order valence-electron chi connectivity index (χ0n) is 9.76. The van der Waals surface area contributed by atoms with Gasteiger partial charge in [0.1, 0.15) is 6.10 Å². The van der Waals surface area contributed by atoms with Crippen molar-refractivity contribution in [2.45, 2.75) is 18.6 Å². The lowest BCUT2D eigenvalue weighted by atomic mass is 10.0. The molecule has 0 spiro atoms. The van der Waals surface area contributed by atoms with Gasteiger partial charge in [0.2, 0.25) is 0 Å². The number of hydrogen-bond acceptors (Lipinski definition) is 4. The van der Waals surface area contributed by atoms with Crippen molar-refractivity contribution in [3.63, 3.8) is 0 Å². The third kappa shape index (κ3) is 3.52. The van der Waals surface area contributed by atoms with E-state index in [-0.39, 0.29) is 5.91 Å². The van der Waals surface area contributed by atoms with Crippen molar-refractivity contribution in [2.24, 2.45) is 5.73 Å². The van der Waals surface area contributed by atoms with Crippen molar-refractivity contribution < 1.29 is 15.0 Å². The van der Waals surface area contributed by atoms with Gasteiger partial charge in [-0.15, -0.1) is 0 Å². The van der Waals surface area contributed by atoms with Crippen molar-refractivity contribution in [1.82, 2.24) is 5.32 Å². The molecule has 0 saturated heterocycles. The van der Waals surface area contributed by atoms with Crippen LogP contribution in [0.4, 0.5) is 0 Å². The van der Waals surface area contributed by atoms with Crippen molar-refractivity contribution in [2.75, 3.05) is 13.6 Å². The number of amides is 1. The van der Waals surface area contributed by atoms with Crippen LogP contribution in [-0.4, -0.2) is 35.8 Å². The first-order chi connectivity index (χ1) is 8.10. The topological polar surface area (TPSA) is 95.6 Å². The Morgan fingerprint density at radius 2 is 1.94 bits per heavy atom. The van der Waals surface area contributed by atoms with Gasteiger partial charge in [-0.05, 0) is 30.7 Å². The molecule has 1 aromatic carbocycles. The lowest BCUT2D eigenvalue weighted by molar-refractivity contribution is 0.0150. The van der Waals surface area contributed by atoms with Gasteiger partial charge in [0.15, 0.2) is 0 Å². The Morgan fingerprint density at radius 3 is 2.41 bits per heavy atom. The zero-order valence-corrected chi connectivity index (χ0v) is 9.76. The maximum atomic E-state index is 11.3. The first kappa shape index (κ1) is 13.6. The van der Waals surface area contributed by atoms with E-state index in [0.717, 1.165) is 0 Å². The fourth-order valence-electron chi connectivity index (χ4n) is 1.53. The molecule has 0 aliphatic carbocycles. The van der Waals surface area contributed by atoms with Gasteiger partial charge >= 0.3 is 0 Å². The Morgan fingerprint density at radius 1 is 1.35 bits per heavy atom. The van der Waals surface area contributed by atoms with Crippen molar-refractivity contribution in [3.8, 4) is 0 Å². The van der Waals surface area contributed by atoms with Crippen LogP contribution >= 0.6 is 0 Å². The first-order valence-corrected chi connectivity index (χ1v) is 5.48. The van der Waals surface area contributed by atoms with E-state index in [1.807, 2.05) is 0 Å². The lowest BCUT2D eigenvalue weighted by Gasteiger charge is -2.17. The molecule has 0 radical (unpaired) electrons. The molecular weight excluding hydrogens is 220 g/mol. The van der Waals surface area contributed by atoms with Crippen LogP contribution in [0.15, 0.2) is 24.3 Å². The Balaban J connectivity index is 2.76. The Hall–Kier alpha value is -1.43. The molecule has 5 nitrogen and oxygen atoms in total. The lowest BCUT2D eigenvalue weighted by Crippen LogP contribution is -2.22. The van der Waals surface area contributed by atoms with Gasteiger partial charge in [-0.3, -0.25) is 4.79 Å². The molecule has 5 N–H and O–H groups in total. The number of carbonyl (C=O) groups excluding carboxylic acids is 1. The monoisotopic (exact) mass is 238 g/mol. The van der Waals surface area contributed by atoms with Crippen LogP contribution in [0, 0.1) is 0 Å². The normalized spacial score (nSPS) is 14.1. The summed E-state index contributed by atoms with van der Waals surface area (Å²) in [5.41, 5.74) is 6.38. The SMILES string of the molecule is CNC(=O)c1ccc(C(O)C(O)CCN)cc1. The molecule has 1 aromatic rings. The highest BCUT2D eigenvalue weighted by atomic mass is 16.3. The van der Waals surface area contributed by atoms with Crippen LogP contribution in [0.5, 0.6) is 0 Å². The summed E-state index contributed by atoms with van der Waals surface area (Å²) in [5, 5.41) is 21.9. The minimum atomic E-state index is -0.975. The van der Waals surface area contributed by atoms with E-state index < -0.39 is 12.2 Å². The van der Waals surface area contributed by atoms with Crippen molar-refractivity contribution >= 4 is 5.91 Å². The third-order valence-electron chi connectivity index (χ3n) is 2.57. The van der Waals surface area contributed by atoms with E-state index >= 15 is 0 Å². The molecule has 1 amide bonds. The van der Waals surface area contributed by atoms with Crippen LogP contribution in [-0.2, 0) is 0 Å². The van der Waals surface area contributed by atoms with Gasteiger partial charge < -0.3 is 21.3 Å². The molecule has 5 heteroatoms. The number of carbonyl (C=O) groups is 1. The molecular formula is C12H18N2O3. The van der Waals surface area contributed by atoms with E-state index in [1.54, 1.807) is 31.3 Å². The number of benzene rings is 1. The fourth-order valence-corrected chi connectivity index (χ4v) is 1.53. The number of nitrogens with one attached hydrogen (secondary N) is 1. The summed E-state index contributed by atoms with van der Waals surface area (Å²) in [4.78, 5) is 11.3. The molecule has 2 unspecified atom stereocenters. The molecule has 17 heavy (non-hydrogen) atoms. The number of aliphatic hydroxyl groups excluding tert-OH is 2. The average molecular weight is 238 g/mol. The molecule has 0 aliphatic rings. The Labute approximate surface area is 100 Å². The predicted octanol–water partition coefficient (Wildman–Crippen LogP) is -0.211. The van der Waals surface area contributed by atoms with Crippen molar-refractivity contribution in [1.29, 1.82) is 0 Å². The second kappa shape index (κ2) is 6.34. The molecule has 0 aliphatic heterocycles.